The van der Waals surface area contributed by atoms with Crippen molar-refractivity contribution in [2.45, 2.75) is 118 Å². The number of hydrogen-bond donors (Lipinski definition) is 3. The van der Waals surface area contributed by atoms with Gasteiger partial charge in [0.15, 0.2) is 6.10 Å². The first kappa shape index (κ1) is 38.4. The lowest BCUT2D eigenvalue weighted by molar-refractivity contribution is -0.170. The summed E-state index contributed by atoms with van der Waals surface area (Å²) < 4.78 is 26.2. The molecule has 0 aliphatic heterocycles. The molecule has 5 atom stereocenters. The number of alkyl carbamates (subject to hydrolysis) is 2. The Morgan fingerprint density at radius 3 is 1.48 bits per heavy atom. The molecule has 14 heteroatoms. The molecule has 0 bridgehead atoms. The second-order valence-electron chi connectivity index (χ2n) is 12.0. The van der Waals surface area contributed by atoms with Crippen molar-refractivity contribution in [3.8, 4) is 0 Å². The molecule has 242 valence electrons. The first-order valence-corrected chi connectivity index (χ1v) is 13.9. The van der Waals surface area contributed by atoms with E-state index in [-0.39, 0.29) is 5.92 Å². The SMILES string of the molecule is CCC(C)[C@H](NC(=O)OC(C)(C)C)C(=O)OCC(COC(=O)CC(=O)O)OC(=O)[C@@H](NC(=O)OC(C)(C)C)C(C)CC. The van der Waals surface area contributed by atoms with Crippen molar-refractivity contribution in [1.82, 2.24) is 10.6 Å². The number of ether oxygens (including phenoxy) is 5. The lowest BCUT2D eigenvalue weighted by Gasteiger charge is -2.28. The van der Waals surface area contributed by atoms with Crippen molar-refractivity contribution in [3.63, 3.8) is 0 Å². The molecule has 0 saturated heterocycles. The quantitative estimate of drug-likeness (QED) is 0.140. The molecule has 0 spiro atoms. The van der Waals surface area contributed by atoms with Gasteiger partial charge in [-0.1, -0.05) is 40.5 Å². The van der Waals surface area contributed by atoms with Gasteiger partial charge in [0, 0.05) is 0 Å². The topological polar surface area (TPSA) is 193 Å². The van der Waals surface area contributed by atoms with E-state index < -0.39 is 91.0 Å². The summed E-state index contributed by atoms with van der Waals surface area (Å²) in [6.45, 7) is 15.7. The van der Waals surface area contributed by atoms with Gasteiger partial charge in [-0.3, -0.25) is 9.59 Å². The third-order valence-electron chi connectivity index (χ3n) is 5.70. The predicted octanol–water partition coefficient (Wildman–Crippen LogP) is 3.34. The van der Waals surface area contributed by atoms with E-state index in [1.165, 1.54) is 0 Å². The first-order valence-electron chi connectivity index (χ1n) is 13.9. The van der Waals surface area contributed by atoms with Crippen LogP contribution >= 0.6 is 0 Å². The van der Waals surface area contributed by atoms with Crippen LogP contribution in [-0.4, -0.2) is 83.8 Å². The smallest absolute Gasteiger partial charge is 0.408 e. The van der Waals surface area contributed by atoms with E-state index >= 15 is 0 Å². The maximum atomic E-state index is 13.1. The molecule has 0 fully saturated rings. The molecule has 0 aromatic heterocycles. The average molecular weight is 605 g/mol. The van der Waals surface area contributed by atoms with E-state index in [1.54, 1.807) is 69.2 Å². The number of nitrogens with one attached hydrogen (secondary N) is 2. The van der Waals surface area contributed by atoms with Crippen LogP contribution in [0.15, 0.2) is 0 Å². The van der Waals surface area contributed by atoms with Gasteiger partial charge < -0.3 is 39.4 Å². The lowest BCUT2D eigenvalue weighted by atomic mass is 9.99. The van der Waals surface area contributed by atoms with Gasteiger partial charge in [-0.2, -0.15) is 0 Å². The number of hydrogen-bond acceptors (Lipinski definition) is 11. The summed E-state index contributed by atoms with van der Waals surface area (Å²) in [5, 5.41) is 13.8. The van der Waals surface area contributed by atoms with E-state index in [0.29, 0.717) is 12.8 Å². The van der Waals surface area contributed by atoms with Crippen molar-refractivity contribution in [3.05, 3.63) is 0 Å². The van der Waals surface area contributed by atoms with Gasteiger partial charge in [-0.15, -0.1) is 0 Å². The molecule has 2 amide bonds. The van der Waals surface area contributed by atoms with E-state index in [1.807, 2.05) is 0 Å². The first-order chi connectivity index (χ1) is 19.2. The zero-order chi connectivity index (χ0) is 32.8. The maximum absolute atomic E-state index is 13.1. The molecule has 42 heavy (non-hydrogen) atoms. The highest BCUT2D eigenvalue weighted by Gasteiger charge is 2.34. The van der Waals surface area contributed by atoms with Crippen molar-refractivity contribution < 1.29 is 57.6 Å². The number of aliphatic carboxylic acids is 1. The van der Waals surface area contributed by atoms with Crippen LogP contribution in [0, 0.1) is 11.8 Å². The summed E-state index contributed by atoms with van der Waals surface area (Å²) in [6.07, 6.45) is -3.04. The summed E-state index contributed by atoms with van der Waals surface area (Å²) in [7, 11) is 0. The van der Waals surface area contributed by atoms with Gasteiger partial charge in [0.25, 0.3) is 0 Å². The molecule has 0 aromatic carbocycles. The Hall–Kier alpha value is -3.58. The van der Waals surface area contributed by atoms with Crippen LogP contribution < -0.4 is 10.6 Å². The zero-order valence-corrected chi connectivity index (χ0v) is 26.4. The number of rotatable bonds is 15. The number of carbonyl (C=O) groups excluding carboxylic acids is 5. The molecule has 0 radical (unpaired) electrons. The molecule has 14 nitrogen and oxygen atoms in total. The average Bonchev–Trinajstić information content (AvgIpc) is 2.83. The maximum Gasteiger partial charge on any atom is 0.408 e. The van der Waals surface area contributed by atoms with Crippen molar-refractivity contribution >= 4 is 36.1 Å². The Morgan fingerprint density at radius 2 is 1.10 bits per heavy atom. The molecular formula is C28H48N2O12. The van der Waals surface area contributed by atoms with E-state index in [4.69, 9.17) is 28.8 Å². The standard InChI is InChI=1S/C28H48N2O12/c1-11-16(3)21(29-25(36)41-27(5,6)7)23(34)39-15-18(14-38-20(33)13-19(31)32)40-24(35)22(17(4)12-2)30-26(37)42-28(8,9)10/h16-18,21-22H,11-15H2,1-10H3,(H,29,36)(H,30,37)(H,31,32)/t16?,17?,18?,21-,22-/m0/s1. The van der Waals surface area contributed by atoms with E-state index in [2.05, 4.69) is 10.6 Å². The Bertz CT molecular complexity index is 938. The Labute approximate surface area is 247 Å². The molecule has 0 aromatic rings. The minimum Gasteiger partial charge on any atom is -0.481 e. The molecule has 0 heterocycles. The normalized spacial score (nSPS) is 15.1. The van der Waals surface area contributed by atoms with E-state index in [0.717, 1.165) is 0 Å². The van der Waals surface area contributed by atoms with Crippen LogP contribution in [0.3, 0.4) is 0 Å². The highest BCUT2D eigenvalue weighted by molar-refractivity contribution is 5.90. The second kappa shape index (κ2) is 17.4. The van der Waals surface area contributed by atoms with Gasteiger partial charge in [0.05, 0.1) is 0 Å². The summed E-state index contributed by atoms with van der Waals surface area (Å²) >= 11 is 0. The fourth-order valence-corrected chi connectivity index (χ4v) is 3.19. The summed E-state index contributed by atoms with van der Waals surface area (Å²) in [6, 6.07) is -2.28. The van der Waals surface area contributed by atoms with Gasteiger partial charge in [-0.25, -0.2) is 19.2 Å². The van der Waals surface area contributed by atoms with Gasteiger partial charge in [0.1, 0.15) is 42.9 Å². The fourth-order valence-electron chi connectivity index (χ4n) is 3.19. The molecule has 0 saturated carbocycles. The number of carboxylic acid groups (broad SMARTS) is 1. The number of carbonyl (C=O) groups is 6. The zero-order valence-electron chi connectivity index (χ0n) is 26.4. The number of carboxylic acids is 1. The summed E-state index contributed by atoms with van der Waals surface area (Å²) in [5.74, 6) is -5.09. The second-order valence-corrected chi connectivity index (χ2v) is 12.0. The van der Waals surface area contributed by atoms with Crippen LogP contribution in [0.2, 0.25) is 0 Å². The predicted molar refractivity (Wildman–Crippen MR) is 149 cm³/mol. The Morgan fingerprint density at radius 1 is 0.690 bits per heavy atom. The fraction of sp³-hybridized carbons (Fsp3) is 0.786. The van der Waals surface area contributed by atoms with Crippen LogP contribution in [-0.2, 0) is 42.9 Å². The minimum atomic E-state index is -1.43. The van der Waals surface area contributed by atoms with Crippen LogP contribution in [0.1, 0.15) is 88.5 Å². The van der Waals surface area contributed by atoms with Gasteiger partial charge in [-0.05, 0) is 53.4 Å². The summed E-state index contributed by atoms with van der Waals surface area (Å²) in [5.41, 5.74) is -1.64. The monoisotopic (exact) mass is 604 g/mol. The third kappa shape index (κ3) is 16.6. The van der Waals surface area contributed by atoms with E-state index in [9.17, 15) is 28.8 Å². The molecule has 0 rings (SSSR count). The third-order valence-corrected chi connectivity index (χ3v) is 5.70. The molecular weight excluding hydrogens is 556 g/mol. The molecule has 0 aliphatic rings. The highest BCUT2D eigenvalue weighted by atomic mass is 16.6. The lowest BCUT2D eigenvalue weighted by Crippen LogP contribution is -2.50. The number of amides is 2. The van der Waals surface area contributed by atoms with Crippen LogP contribution in [0.5, 0.6) is 0 Å². The summed E-state index contributed by atoms with van der Waals surface area (Å²) in [4.78, 5) is 73.5. The van der Waals surface area contributed by atoms with Crippen LogP contribution in [0.4, 0.5) is 9.59 Å². The Balaban J connectivity index is 5.80. The highest BCUT2D eigenvalue weighted by Crippen LogP contribution is 2.15. The van der Waals surface area contributed by atoms with Gasteiger partial charge in [0.2, 0.25) is 0 Å². The van der Waals surface area contributed by atoms with Crippen LogP contribution in [0.25, 0.3) is 0 Å². The van der Waals surface area contributed by atoms with Gasteiger partial charge >= 0.3 is 36.1 Å². The van der Waals surface area contributed by atoms with Crippen molar-refractivity contribution in [2.75, 3.05) is 13.2 Å². The minimum absolute atomic E-state index is 0.368. The van der Waals surface area contributed by atoms with Crippen molar-refractivity contribution in [1.29, 1.82) is 0 Å². The molecule has 0 aliphatic carbocycles. The molecule has 3 unspecified atom stereocenters. The molecule has 3 N–H and O–H groups in total. The largest absolute Gasteiger partial charge is 0.481 e. The number of esters is 3. The Kier molecular flexibility index (Phi) is 15.9. The van der Waals surface area contributed by atoms with Crippen molar-refractivity contribution in [2.24, 2.45) is 11.8 Å².